The Labute approximate surface area is 61.4 Å². The maximum atomic E-state index is 5.74. The van der Waals surface area contributed by atoms with Crippen LogP contribution in [0, 0.1) is 5.41 Å². The van der Waals surface area contributed by atoms with Gasteiger partial charge in [0.05, 0.1) is 0 Å². The number of hydrogen-bond acceptors (Lipinski definition) is 2. The Kier molecular flexibility index (Phi) is 0.783. The zero-order valence-electron chi connectivity index (χ0n) is 6.21. The molecule has 1 spiro atoms. The van der Waals surface area contributed by atoms with E-state index in [1.165, 1.54) is 32.4 Å². The van der Waals surface area contributed by atoms with Gasteiger partial charge in [-0.15, -0.1) is 0 Å². The lowest BCUT2D eigenvalue weighted by Crippen LogP contribution is -2.50. The molecule has 0 aromatic rings. The standard InChI is InChI=1S/C8H14N2/c9-6-3-7(6)10-4-8(5-10)1-2-8/h6-7H,1-5,9H2. The number of likely N-dealkylation sites (tertiary alicyclic amines) is 1. The average Bonchev–Trinajstić information content (AvgIpc) is 2.55. The molecule has 0 aromatic carbocycles. The van der Waals surface area contributed by atoms with Crippen molar-refractivity contribution >= 4 is 0 Å². The summed E-state index contributed by atoms with van der Waals surface area (Å²) in [5.74, 6) is 0. The zero-order valence-corrected chi connectivity index (χ0v) is 6.21. The van der Waals surface area contributed by atoms with Gasteiger partial charge in [0.15, 0.2) is 0 Å². The van der Waals surface area contributed by atoms with Crippen LogP contribution in [0.5, 0.6) is 0 Å². The molecule has 2 N–H and O–H groups in total. The summed E-state index contributed by atoms with van der Waals surface area (Å²) >= 11 is 0. The molecule has 1 heterocycles. The first-order chi connectivity index (χ1) is 4.79. The summed E-state index contributed by atoms with van der Waals surface area (Å²) in [6.07, 6.45) is 4.24. The Hall–Kier alpha value is -0.0800. The van der Waals surface area contributed by atoms with E-state index < -0.39 is 0 Å². The van der Waals surface area contributed by atoms with Gasteiger partial charge in [-0.05, 0) is 24.7 Å². The Morgan fingerprint density at radius 3 is 2.30 bits per heavy atom. The van der Waals surface area contributed by atoms with E-state index in [1.54, 1.807) is 0 Å². The Balaban J connectivity index is 1.59. The highest BCUT2D eigenvalue weighted by atomic mass is 15.3. The van der Waals surface area contributed by atoms with Gasteiger partial charge in [-0.3, -0.25) is 4.90 Å². The molecular weight excluding hydrogens is 124 g/mol. The van der Waals surface area contributed by atoms with Crippen LogP contribution in [-0.4, -0.2) is 30.1 Å². The molecule has 56 valence electrons. The zero-order chi connectivity index (χ0) is 6.77. The normalized spacial score (nSPS) is 48.9. The fraction of sp³-hybridized carbons (Fsp3) is 1.00. The minimum atomic E-state index is 0.524. The Bertz CT molecular complexity index is 166. The topological polar surface area (TPSA) is 29.3 Å². The third-order valence-electron chi connectivity index (χ3n) is 3.31. The van der Waals surface area contributed by atoms with E-state index in [2.05, 4.69) is 4.90 Å². The largest absolute Gasteiger partial charge is 0.326 e. The highest BCUT2D eigenvalue weighted by molar-refractivity contribution is 5.12. The van der Waals surface area contributed by atoms with E-state index in [9.17, 15) is 0 Å². The number of rotatable bonds is 1. The van der Waals surface area contributed by atoms with Crippen LogP contribution in [0.15, 0.2) is 0 Å². The molecule has 1 aliphatic heterocycles. The third kappa shape index (κ3) is 0.611. The Morgan fingerprint density at radius 2 is 1.90 bits per heavy atom. The smallest absolute Gasteiger partial charge is 0.0263 e. The van der Waals surface area contributed by atoms with E-state index in [0.717, 1.165) is 11.5 Å². The molecule has 2 saturated carbocycles. The molecule has 2 heteroatoms. The van der Waals surface area contributed by atoms with Gasteiger partial charge in [-0.1, -0.05) is 0 Å². The third-order valence-corrected chi connectivity index (χ3v) is 3.31. The van der Waals surface area contributed by atoms with E-state index in [1.807, 2.05) is 0 Å². The second-order valence-corrected chi connectivity index (χ2v) is 4.37. The van der Waals surface area contributed by atoms with Crippen molar-refractivity contribution in [1.29, 1.82) is 0 Å². The van der Waals surface area contributed by atoms with Gasteiger partial charge in [0.1, 0.15) is 0 Å². The average molecular weight is 138 g/mol. The van der Waals surface area contributed by atoms with Crippen LogP contribution in [0.25, 0.3) is 0 Å². The quantitative estimate of drug-likeness (QED) is 0.560. The first-order valence-corrected chi connectivity index (χ1v) is 4.29. The van der Waals surface area contributed by atoms with Crippen LogP contribution in [0.3, 0.4) is 0 Å². The van der Waals surface area contributed by atoms with E-state index in [4.69, 9.17) is 5.73 Å². The van der Waals surface area contributed by atoms with Crippen LogP contribution in [-0.2, 0) is 0 Å². The molecule has 3 aliphatic rings. The Morgan fingerprint density at radius 1 is 1.30 bits per heavy atom. The molecule has 1 saturated heterocycles. The molecule has 3 rings (SSSR count). The minimum Gasteiger partial charge on any atom is -0.326 e. The van der Waals surface area contributed by atoms with E-state index in [-0.39, 0.29) is 0 Å². The molecule has 0 amide bonds. The maximum Gasteiger partial charge on any atom is 0.0263 e. The molecule has 10 heavy (non-hydrogen) atoms. The van der Waals surface area contributed by atoms with Crippen molar-refractivity contribution in [3.05, 3.63) is 0 Å². The molecule has 0 bridgehead atoms. The second kappa shape index (κ2) is 1.41. The van der Waals surface area contributed by atoms with Gasteiger partial charge >= 0.3 is 0 Å². The number of nitrogens with two attached hydrogens (primary N) is 1. The van der Waals surface area contributed by atoms with Gasteiger partial charge in [-0.25, -0.2) is 0 Å². The highest BCUT2D eigenvalue weighted by Crippen LogP contribution is 2.55. The monoisotopic (exact) mass is 138 g/mol. The number of nitrogens with zero attached hydrogens (tertiary/aromatic N) is 1. The predicted molar refractivity (Wildman–Crippen MR) is 39.6 cm³/mol. The summed E-state index contributed by atoms with van der Waals surface area (Å²) in [7, 11) is 0. The second-order valence-electron chi connectivity index (χ2n) is 4.37. The molecule has 2 nitrogen and oxygen atoms in total. The van der Waals surface area contributed by atoms with Gasteiger partial charge < -0.3 is 5.73 Å². The van der Waals surface area contributed by atoms with Gasteiger partial charge in [0, 0.05) is 25.2 Å². The van der Waals surface area contributed by atoms with Crippen molar-refractivity contribution in [2.24, 2.45) is 11.1 Å². The lowest BCUT2D eigenvalue weighted by molar-refractivity contribution is 0.0715. The molecule has 2 aliphatic carbocycles. The van der Waals surface area contributed by atoms with Gasteiger partial charge in [0.25, 0.3) is 0 Å². The van der Waals surface area contributed by atoms with Gasteiger partial charge in [-0.2, -0.15) is 0 Å². The molecule has 0 aromatic heterocycles. The summed E-state index contributed by atoms with van der Waals surface area (Å²) in [5, 5.41) is 0. The van der Waals surface area contributed by atoms with Crippen molar-refractivity contribution in [3.63, 3.8) is 0 Å². The summed E-state index contributed by atoms with van der Waals surface area (Å²) in [6, 6.07) is 1.31. The van der Waals surface area contributed by atoms with Crippen LogP contribution in [0.2, 0.25) is 0 Å². The highest BCUT2D eigenvalue weighted by Gasteiger charge is 2.57. The van der Waals surface area contributed by atoms with Crippen molar-refractivity contribution in [1.82, 2.24) is 4.90 Å². The molecular formula is C8H14N2. The fourth-order valence-electron chi connectivity index (χ4n) is 2.16. The summed E-state index contributed by atoms with van der Waals surface area (Å²) in [6.45, 7) is 2.73. The predicted octanol–water partition coefficient (Wildman–Crippen LogP) is 0.182. The summed E-state index contributed by atoms with van der Waals surface area (Å²) < 4.78 is 0. The van der Waals surface area contributed by atoms with Crippen molar-refractivity contribution < 1.29 is 0 Å². The van der Waals surface area contributed by atoms with Crippen molar-refractivity contribution in [3.8, 4) is 0 Å². The first kappa shape index (κ1) is 5.56. The summed E-state index contributed by atoms with van der Waals surface area (Å²) in [5.41, 5.74) is 6.57. The molecule has 3 fully saturated rings. The first-order valence-electron chi connectivity index (χ1n) is 4.29. The van der Waals surface area contributed by atoms with Crippen LogP contribution < -0.4 is 5.73 Å². The lowest BCUT2D eigenvalue weighted by Gasteiger charge is -2.40. The minimum absolute atomic E-state index is 0.524. The van der Waals surface area contributed by atoms with E-state index in [0.29, 0.717) is 6.04 Å². The van der Waals surface area contributed by atoms with Crippen LogP contribution >= 0.6 is 0 Å². The van der Waals surface area contributed by atoms with Gasteiger partial charge in [0.2, 0.25) is 0 Å². The lowest BCUT2D eigenvalue weighted by atomic mass is 9.97. The fourth-order valence-corrected chi connectivity index (χ4v) is 2.16. The maximum absolute atomic E-state index is 5.74. The number of hydrogen-bond donors (Lipinski definition) is 1. The molecule has 0 radical (unpaired) electrons. The molecule has 2 unspecified atom stereocenters. The SMILES string of the molecule is NC1CC1N1CC2(CC2)C1. The van der Waals surface area contributed by atoms with E-state index >= 15 is 0 Å². The summed E-state index contributed by atoms with van der Waals surface area (Å²) in [4.78, 5) is 2.57. The van der Waals surface area contributed by atoms with Crippen molar-refractivity contribution in [2.45, 2.75) is 31.3 Å². The van der Waals surface area contributed by atoms with Crippen LogP contribution in [0.1, 0.15) is 19.3 Å². The molecule has 2 atom stereocenters. The van der Waals surface area contributed by atoms with Crippen molar-refractivity contribution in [2.75, 3.05) is 13.1 Å². The van der Waals surface area contributed by atoms with Crippen LogP contribution in [0.4, 0.5) is 0 Å².